The summed E-state index contributed by atoms with van der Waals surface area (Å²) in [7, 11) is 1.43. The van der Waals surface area contributed by atoms with E-state index < -0.39 is 22.7 Å². The molecule has 1 N–H and O–H groups in total. The summed E-state index contributed by atoms with van der Waals surface area (Å²) >= 11 is 11.3. The van der Waals surface area contributed by atoms with Gasteiger partial charge in [-0.3, -0.25) is 19.3 Å². The number of nitrogens with one attached hydrogen (secondary N) is 1. The third kappa shape index (κ3) is 5.21. The fraction of sp³-hybridized carbons (Fsp3) is 0.615. The molecule has 1 rings (SSSR count). The molecule has 1 atom stereocenters. The molecule has 21 heavy (non-hydrogen) atoms. The van der Waals surface area contributed by atoms with Crippen LogP contribution in [0, 0.1) is 0 Å². The average Bonchev–Trinajstić information content (AvgIpc) is 2.83. The number of alkyl halides is 2. The summed E-state index contributed by atoms with van der Waals surface area (Å²) in [5, 5.41) is 2.59. The standard InChI is InChI=1S/C13H18Cl2N2O4/c1-3-11(18)16-9(4-5-10(14)15)13(20)17-7-8(21-2)6-12(17)19/h6,9-10H,3-5,7H2,1-2H3,(H,16,18). The molecular formula is C13H18Cl2N2O4. The number of methoxy groups -OCH3 is 1. The Morgan fingerprint density at radius 3 is 2.57 bits per heavy atom. The van der Waals surface area contributed by atoms with Gasteiger partial charge in [0.25, 0.3) is 11.8 Å². The first-order valence-electron chi connectivity index (χ1n) is 6.56. The monoisotopic (exact) mass is 336 g/mol. The van der Waals surface area contributed by atoms with E-state index >= 15 is 0 Å². The first-order valence-corrected chi connectivity index (χ1v) is 7.43. The maximum atomic E-state index is 12.4. The van der Waals surface area contributed by atoms with E-state index in [1.807, 2.05) is 0 Å². The molecule has 118 valence electrons. The van der Waals surface area contributed by atoms with Crippen LogP contribution in [-0.2, 0) is 19.1 Å². The minimum absolute atomic E-state index is 0.0673. The van der Waals surface area contributed by atoms with Gasteiger partial charge in [0.1, 0.15) is 16.6 Å². The van der Waals surface area contributed by atoms with E-state index in [4.69, 9.17) is 27.9 Å². The lowest BCUT2D eigenvalue weighted by molar-refractivity contribution is -0.143. The second-order valence-corrected chi connectivity index (χ2v) is 5.80. The third-order valence-corrected chi connectivity index (χ3v) is 3.46. The van der Waals surface area contributed by atoms with E-state index in [1.54, 1.807) is 6.92 Å². The molecule has 0 aromatic rings. The molecule has 1 unspecified atom stereocenters. The number of ether oxygens (including phenoxy) is 1. The van der Waals surface area contributed by atoms with Crippen LogP contribution in [0.5, 0.6) is 0 Å². The van der Waals surface area contributed by atoms with E-state index in [0.29, 0.717) is 12.2 Å². The lowest BCUT2D eigenvalue weighted by Gasteiger charge is -2.23. The zero-order valence-corrected chi connectivity index (χ0v) is 13.4. The van der Waals surface area contributed by atoms with Crippen LogP contribution in [0.1, 0.15) is 26.2 Å². The van der Waals surface area contributed by atoms with Gasteiger partial charge in [-0.05, 0) is 12.8 Å². The number of imide groups is 1. The summed E-state index contributed by atoms with van der Waals surface area (Å²) in [5.74, 6) is -0.818. The van der Waals surface area contributed by atoms with Crippen molar-refractivity contribution in [2.45, 2.75) is 37.1 Å². The van der Waals surface area contributed by atoms with E-state index in [-0.39, 0.29) is 25.3 Å². The van der Waals surface area contributed by atoms with Gasteiger partial charge in [-0.25, -0.2) is 0 Å². The van der Waals surface area contributed by atoms with Crippen molar-refractivity contribution in [2.24, 2.45) is 0 Å². The summed E-state index contributed by atoms with van der Waals surface area (Å²) in [4.78, 5) is 36.1. The minimum atomic E-state index is -0.828. The highest BCUT2D eigenvalue weighted by Gasteiger charge is 2.33. The topological polar surface area (TPSA) is 75.7 Å². The predicted molar refractivity (Wildman–Crippen MR) is 78.8 cm³/mol. The molecule has 0 spiro atoms. The van der Waals surface area contributed by atoms with Crippen molar-refractivity contribution in [3.63, 3.8) is 0 Å². The second kappa shape index (κ2) is 8.24. The molecule has 8 heteroatoms. The van der Waals surface area contributed by atoms with E-state index in [0.717, 1.165) is 4.90 Å². The van der Waals surface area contributed by atoms with Crippen LogP contribution >= 0.6 is 23.2 Å². The summed E-state index contributed by atoms with van der Waals surface area (Å²) < 4.78 is 4.96. The molecule has 0 bridgehead atoms. The number of carbonyl (C=O) groups is 3. The highest BCUT2D eigenvalue weighted by atomic mass is 35.5. The number of rotatable bonds is 7. The van der Waals surface area contributed by atoms with Gasteiger partial charge in [0.2, 0.25) is 5.91 Å². The molecule has 0 saturated carbocycles. The molecule has 6 nitrogen and oxygen atoms in total. The molecule has 1 aliphatic heterocycles. The Kier molecular flexibility index (Phi) is 6.98. The Hall–Kier alpha value is -1.27. The zero-order valence-electron chi connectivity index (χ0n) is 11.9. The predicted octanol–water partition coefficient (Wildman–Crippen LogP) is 1.36. The number of carbonyl (C=O) groups excluding carboxylic acids is 3. The number of nitrogens with zero attached hydrogens (tertiary/aromatic N) is 1. The zero-order chi connectivity index (χ0) is 16.0. The molecule has 1 aliphatic rings. The highest BCUT2D eigenvalue weighted by molar-refractivity contribution is 6.44. The quantitative estimate of drug-likeness (QED) is 0.712. The van der Waals surface area contributed by atoms with Crippen LogP contribution in [0.15, 0.2) is 11.8 Å². The van der Waals surface area contributed by atoms with Crippen molar-refractivity contribution in [1.29, 1.82) is 0 Å². The van der Waals surface area contributed by atoms with Crippen molar-refractivity contribution >= 4 is 40.9 Å². The van der Waals surface area contributed by atoms with Gasteiger partial charge < -0.3 is 10.1 Å². The van der Waals surface area contributed by atoms with E-state index in [1.165, 1.54) is 13.2 Å². The Labute approximate surface area is 133 Å². The Balaban J connectivity index is 2.75. The first-order chi connectivity index (χ1) is 9.88. The van der Waals surface area contributed by atoms with Crippen molar-refractivity contribution in [3.05, 3.63) is 11.8 Å². The number of hydrogen-bond donors (Lipinski definition) is 1. The maximum Gasteiger partial charge on any atom is 0.257 e. The molecular weight excluding hydrogens is 319 g/mol. The molecule has 0 radical (unpaired) electrons. The fourth-order valence-electron chi connectivity index (χ4n) is 1.84. The lowest BCUT2D eigenvalue weighted by Crippen LogP contribution is -2.49. The highest BCUT2D eigenvalue weighted by Crippen LogP contribution is 2.17. The Morgan fingerprint density at radius 1 is 1.43 bits per heavy atom. The second-order valence-electron chi connectivity index (χ2n) is 4.52. The van der Waals surface area contributed by atoms with Crippen molar-refractivity contribution < 1.29 is 19.1 Å². The molecule has 0 aromatic heterocycles. The summed E-state index contributed by atoms with van der Waals surface area (Å²) in [6, 6.07) is -0.828. The summed E-state index contributed by atoms with van der Waals surface area (Å²) in [5.41, 5.74) is 0. The normalized spacial score (nSPS) is 16.0. The number of amides is 3. The van der Waals surface area contributed by atoms with Crippen molar-refractivity contribution in [1.82, 2.24) is 10.2 Å². The largest absolute Gasteiger partial charge is 0.499 e. The molecule has 3 amide bonds. The van der Waals surface area contributed by atoms with Gasteiger partial charge >= 0.3 is 0 Å². The van der Waals surface area contributed by atoms with Gasteiger partial charge in [0.05, 0.1) is 13.7 Å². The van der Waals surface area contributed by atoms with Crippen molar-refractivity contribution in [3.8, 4) is 0 Å². The van der Waals surface area contributed by atoms with Crippen LogP contribution in [-0.4, -0.2) is 47.2 Å². The van der Waals surface area contributed by atoms with Crippen LogP contribution in [0.25, 0.3) is 0 Å². The van der Waals surface area contributed by atoms with Crippen molar-refractivity contribution in [2.75, 3.05) is 13.7 Å². The summed E-state index contributed by atoms with van der Waals surface area (Å²) in [6.45, 7) is 1.74. The van der Waals surface area contributed by atoms with Crippen LogP contribution in [0.3, 0.4) is 0 Å². The van der Waals surface area contributed by atoms with Gasteiger partial charge in [0, 0.05) is 12.5 Å². The Morgan fingerprint density at radius 2 is 2.10 bits per heavy atom. The molecule has 0 aliphatic carbocycles. The molecule has 1 heterocycles. The molecule has 0 saturated heterocycles. The van der Waals surface area contributed by atoms with Gasteiger partial charge in [-0.15, -0.1) is 23.2 Å². The van der Waals surface area contributed by atoms with Gasteiger partial charge in [0.15, 0.2) is 0 Å². The molecule has 0 aromatic carbocycles. The van der Waals surface area contributed by atoms with Crippen LogP contribution < -0.4 is 5.32 Å². The van der Waals surface area contributed by atoms with E-state index in [9.17, 15) is 14.4 Å². The fourth-order valence-corrected chi connectivity index (χ4v) is 2.09. The number of halogens is 2. The van der Waals surface area contributed by atoms with Gasteiger partial charge in [-0.2, -0.15) is 0 Å². The summed E-state index contributed by atoms with van der Waals surface area (Å²) in [6.07, 6.45) is 2.08. The maximum absolute atomic E-state index is 12.4. The first kappa shape index (κ1) is 17.8. The number of hydrogen-bond acceptors (Lipinski definition) is 4. The van der Waals surface area contributed by atoms with E-state index in [2.05, 4.69) is 5.32 Å². The molecule has 0 fully saturated rings. The average molecular weight is 337 g/mol. The van der Waals surface area contributed by atoms with Crippen LogP contribution in [0.2, 0.25) is 0 Å². The Bertz CT molecular complexity index is 451. The SMILES string of the molecule is CCC(=O)NC(CCC(Cl)Cl)C(=O)N1CC(OC)=CC1=O. The minimum Gasteiger partial charge on any atom is -0.499 e. The van der Waals surface area contributed by atoms with Gasteiger partial charge in [-0.1, -0.05) is 6.92 Å². The lowest BCUT2D eigenvalue weighted by atomic mass is 10.1. The third-order valence-electron chi connectivity index (χ3n) is 3.02. The van der Waals surface area contributed by atoms with Crippen LogP contribution in [0.4, 0.5) is 0 Å². The smallest absolute Gasteiger partial charge is 0.257 e.